The SMILES string of the molecule is Nc1cnc(Cl)c(O)c1C(F)F. The molecule has 3 nitrogen and oxygen atoms in total. The van der Waals surface area contributed by atoms with Crippen molar-refractivity contribution in [2.24, 2.45) is 0 Å². The van der Waals surface area contributed by atoms with Crippen LogP contribution in [0.4, 0.5) is 14.5 Å². The van der Waals surface area contributed by atoms with Crippen molar-refractivity contribution >= 4 is 17.3 Å². The second-order valence-corrected chi connectivity index (χ2v) is 2.43. The van der Waals surface area contributed by atoms with Crippen molar-refractivity contribution in [2.45, 2.75) is 6.43 Å². The molecule has 0 amide bonds. The van der Waals surface area contributed by atoms with Crippen molar-refractivity contribution in [1.82, 2.24) is 4.98 Å². The van der Waals surface area contributed by atoms with Crippen LogP contribution in [0.2, 0.25) is 5.15 Å². The monoisotopic (exact) mass is 194 g/mol. The number of alkyl halides is 2. The number of halogens is 3. The van der Waals surface area contributed by atoms with E-state index >= 15 is 0 Å². The summed E-state index contributed by atoms with van der Waals surface area (Å²) in [6.45, 7) is 0. The van der Waals surface area contributed by atoms with E-state index in [4.69, 9.17) is 22.4 Å². The minimum Gasteiger partial charge on any atom is -0.504 e. The van der Waals surface area contributed by atoms with Crippen molar-refractivity contribution in [3.8, 4) is 5.75 Å². The average Bonchev–Trinajstić information content (AvgIpc) is 1.97. The van der Waals surface area contributed by atoms with Gasteiger partial charge in [-0.1, -0.05) is 11.6 Å². The molecule has 0 fully saturated rings. The van der Waals surface area contributed by atoms with Gasteiger partial charge in [-0.05, 0) is 0 Å². The highest BCUT2D eigenvalue weighted by atomic mass is 35.5. The molecule has 0 spiro atoms. The Morgan fingerprint density at radius 3 is 2.58 bits per heavy atom. The lowest BCUT2D eigenvalue weighted by Gasteiger charge is -2.06. The zero-order chi connectivity index (χ0) is 9.30. The van der Waals surface area contributed by atoms with Gasteiger partial charge in [0.1, 0.15) is 0 Å². The predicted octanol–water partition coefficient (Wildman–Crippen LogP) is 1.96. The van der Waals surface area contributed by atoms with Crippen LogP contribution in [0.15, 0.2) is 6.20 Å². The molecule has 6 heteroatoms. The van der Waals surface area contributed by atoms with E-state index in [1.165, 1.54) is 0 Å². The third kappa shape index (κ3) is 1.40. The number of aromatic nitrogens is 1. The predicted molar refractivity (Wildman–Crippen MR) is 40.3 cm³/mol. The number of pyridine rings is 1. The Bertz CT molecular complexity index is 306. The molecule has 0 aliphatic rings. The van der Waals surface area contributed by atoms with Gasteiger partial charge < -0.3 is 10.8 Å². The van der Waals surface area contributed by atoms with Gasteiger partial charge in [0.15, 0.2) is 10.9 Å². The van der Waals surface area contributed by atoms with E-state index in [-0.39, 0.29) is 10.8 Å². The van der Waals surface area contributed by atoms with Gasteiger partial charge in [0, 0.05) is 0 Å². The average molecular weight is 195 g/mol. The van der Waals surface area contributed by atoms with Crippen LogP contribution in [0.3, 0.4) is 0 Å². The van der Waals surface area contributed by atoms with Crippen LogP contribution >= 0.6 is 11.6 Å². The number of nitrogens with zero attached hydrogens (tertiary/aromatic N) is 1. The molecule has 0 saturated heterocycles. The van der Waals surface area contributed by atoms with E-state index in [1.807, 2.05) is 0 Å². The van der Waals surface area contributed by atoms with Gasteiger partial charge >= 0.3 is 0 Å². The molecular weight excluding hydrogens is 190 g/mol. The molecule has 0 aliphatic heterocycles. The summed E-state index contributed by atoms with van der Waals surface area (Å²) < 4.78 is 24.3. The lowest BCUT2D eigenvalue weighted by Crippen LogP contribution is -1.97. The Balaban J connectivity index is 3.33. The van der Waals surface area contributed by atoms with Gasteiger partial charge in [-0.15, -0.1) is 0 Å². The molecule has 1 rings (SSSR count). The first-order valence-electron chi connectivity index (χ1n) is 2.95. The van der Waals surface area contributed by atoms with E-state index in [1.54, 1.807) is 0 Å². The van der Waals surface area contributed by atoms with Crippen LogP contribution in [0, 0.1) is 0 Å². The fraction of sp³-hybridized carbons (Fsp3) is 0.167. The maximum Gasteiger partial charge on any atom is 0.269 e. The topological polar surface area (TPSA) is 59.1 Å². The maximum absolute atomic E-state index is 12.1. The summed E-state index contributed by atoms with van der Waals surface area (Å²) in [6.07, 6.45) is -1.88. The third-order valence-electron chi connectivity index (χ3n) is 1.30. The Morgan fingerprint density at radius 2 is 2.17 bits per heavy atom. The van der Waals surface area contributed by atoms with E-state index < -0.39 is 17.7 Å². The molecule has 1 aromatic rings. The first kappa shape index (κ1) is 8.99. The molecule has 0 radical (unpaired) electrons. The summed E-state index contributed by atoms with van der Waals surface area (Å²) in [5.41, 5.74) is 4.19. The number of nitrogens with two attached hydrogens (primary N) is 1. The maximum atomic E-state index is 12.1. The molecule has 12 heavy (non-hydrogen) atoms. The quantitative estimate of drug-likeness (QED) is 0.672. The van der Waals surface area contributed by atoms with Crippen LogP contribution < -0.4 is 5.73 Å². The zero-order valence-electron chi connectivity index (χ0n) is 5.76. The van der Waals surface area contributed by atoms with Crippen LogP contribution in [0.25, 0.3) is 0 Å². The summed E-state index contributed by atoms with van der Waals surface area (Å²) >= 11 is 5.28. The Kier molecular flexibility index (Phi) is 2.32. The Morgan fingerprint density at radius 1 is 1.58 bits per heavy atom. The Hall–Kier alpha value is -1.10. The smallest absolute Gasteiger partial charge is 0.269 e. The van der Waals surface area contributed by atoms with Gasteiger partial charge in [0.2, 0.25) is 0 Å². The molecule has 0 atom stereocenters. The third-order valence-corrected chi connectivity index (χ3v) is 1.57. The molecule has 0 bridgehead atoms. The fourth-order valence-electron chi connectivity index (χ4n) is 0.734. The van der Waals surface area contributed by atoms with Crippen LogP contribution in [-0.4, -0.2) is 10.1 Å². The van der Waals surface area contributed by atoms with Gasteiger partial charge in [-0.2, -0.15) is 0 Å². The van der Waals surface area contributed by atoms with Crippen LogP contribution in [-0.2, 0) is 0 Å². The normalized spacial score (nSPS) is 10.7. The second kappa shape index (κ2) is 3.10. The summed E-state index contributed by atoms with van der Waals surface area (Å²) in [5.74, 6) is -0.758. The molecular formula is C6H5ClF2N2O. The standard InChI is InChI=1S/C6H5ClF2N2O/c7-5-4(12)3(6(8)9)2(10)1-11-5/h1,6,12H,10H2. The van der Waals surface area contributed by atoms with Crippen molar-refractivity contribution < 1.29 is 13.9 Å². The number of hydrogen-bond acceptors (Lipinski definition) is 3. The van der Waals surface area contributed by atoms with Gasteiger partial charge in [-0.25, -0.2) is 13.8 Å². The van der Waals surface area contributed by atoms with E-state index in [0.29, 0.717) is 0 Å². The first-order valence-corrected chi connectivity index (χ1v) is 3.32. The summed E-state index contributed by atoms with van der Waals surface area (Å²) in [4.78, 5) is 3.38. The lowest BCUT2D eigenvalue weighted by atomic mass is 10.2. The first-order chi connectivity index (χ1) is 5.54. The fourth-order valence-corrected chi connectivity index (χ4v) is 0.885. The lowest BCUT2D eigenvalue weighted by molar-refractivity contribution is 0.148. The van der Waals surface area contributed by atoms with Crippen LogP contribution in [0.5, 0.6) is 5.75 Å². The number of hydrogen-bond donors (Lipinski definition) is 2. The molecule has 0 unspecified atom stereocenters. The highest BCUT2D eigenvalue weighted by Gasteiger charge is 2.19. The van der Waals surface area contributed by atoms with E-state index in [2.05, 4.69) is 4.98 Å². The molecule has 1 heterocycles. The highest BCUT2D eigenvalue weighted by molar-refractivity contribution is 6.31. The van der Waals surface area contributed by atoms with Gasteiger partial charge in [-0.3, -0.25) is 0 Å². The summed E-state index contributed by atoms with van der Waals surface area (Å²) in [5, 5.41) is 8.62. The molecule has 0 saturated carbocycles. The number of rotatable bonds is 1. The van der Waals surface area contributed by atoms with Crippen molar-refractivity contribution in [2.75, 3.05) is 5.73 Å². The minimum atomic E-state index is -2.86. The molecule has 66 valence electrons. The minimum absolute atomic E-state index is 0.271. The Labute approximate surface area is 71.8 Å². The number of aromatic hydroxyl groups is 1. The molecule has 1 aromatic heterocycles. The molecule has 3 N–H and O–H groups in total. The van der Waals surface area contributed by atoms with Crippen molar-refractivity contribution in [3.63, 3.8) is 0 Å². The van der Waals surface area contributed by atoms with E-state index in [0.717, 1.165) is 6.20 Å². The summed E-state index contributed by atoms with van der Waals surface area (Å²) in [7, 11) is 0. The van der Waals surface area contributed by atoms with Gasteiger partial charge in [0.25, 0.3) is 6.43 Å². The van der Waals surface area contributed by atoms with Crippen LogP contribution in [0.1, 0.15) is 12.0 Å². The molecule has 0 aromatic carbocycles. The zero-order valence-corrected chi connectivity index (χ0v) is 6.52. The van der Waals surface area contributed by atoms with E-state index in [9.17, 15) is 8.78 Å². The number of anilines is 1. The highest BCUT2D eigenvalue weighted by Crippen LogP contribution is 2.36. The molecule has 0 aliphatic carbocycles. The summed E-state index contributed by atoms with van der Waals surface area (Å²) in [6, 6.07) is 0. The van der Waals surface area contributed by atoms with Crippen molar-refractivity contribution in [1.29, 1.82) is 0 Å². The largest absolute Gasteiger partial charge is 0.504 e. The van der Waals surface area contributed by atoms with Crippen molar-refractivity contribution in [3.05, 3.63) is 16.9 Å². The van der Waals surface area contributed by atoms with Gasteiger partial charge in [0.05, 0.1) is 17.4 Å². The number of nitrogen functional groups attached to an aromatic ring is 1. The second-order valence-electron chi connectivity index (χ2n) is 2.07.